The fourth-order valence-corrected chi connectivity index (χ4v) is 2.84. The van der Waals surface area contributed by atoms with Crippen molar-refractivity contribution in [1.82, 2.24) is 4.98 Å². The number of aromatic nitrogens is 1. The van der Waals surface area contributed by atoms with Crippen molar-refractivity contribution in [2.45, 2.75) is 38.0 Å². The number of hydrogen-bond donors (Lipinski definition) is 0. The van der Waals surface area contributed by atoms with Gasteiger partial charge in [-0.3, -0.25) is 0 Å². The maximum Gasteiger partial charge on any atom is 0.0959 e. The van der Waals surface area contributed by atoms with Gasteiger partial charge in [-0.25, -0.2) is 4.98 Å². The lowest BCUT2D eigenvalue weighted by Crippen LogP contribution is -1.91. The second-order valence-corrected chi connectivity index (χ2v) is 4.38. The average molecular weight is 192 g/mol. The SMILES string of the molecule is N#CCc1csc(C2CCCC2)n1. The second-order valence-electron chi connectivity index (χ2n) is 3.49. The van der Waals surface area contributed by atoms with Crippen molar-refractivity contribution >= 4 is 11.3 Å². The minimum absolute atomic E-state index is 0.462. The maximum atomic E-state index is 8.51. The summed E-state index contributed by atoms with van der Waals surface area (Å²) in [5.74, 6) is 0.692. The van der Waals surface area contributed by atoms with E-state index in [1.807, 2.05) is 5.38 Å². The molecule has 0 N–H and O–H groups in total. The largest absolute Gasteiger partial charge is 0.245 e. The van der Waals surface area contributed by atoms with Gasteiger partial charge in [-0.05, 0) is 12.8 Å². The molecule has 3 heteroatoms. The lowest BCUT2D eigenvalue weighted by molar-refractivity contribution is 0.713. The van der Waals surface area contributed by atoms with Crippen LogP contribution in [0.3, 0.4) is 0 Å². The summed E-state index contributed by atoms with van der Waals surface area (Å²) in [7, 11) is 0. The Labute approximate surface area is 82.2 Å². The van der Waals surface area contributed by atoms with Crippen molar-refractivity contribution in [3.8, 4) is 6.07 Å². The van der Waals surface area contributed by atoms with Crippen LogP contribution in [0.25, 0.3) is 0 Å². The van der Waals surface area contributed by atoms with Crippen molar-refractivity contribution in [2.75, 3.05) is 0 Å². The molecule has 1 saturated carbocycles. The predicted molar refractivity (Wildman–Crippen MR) is 52.6 cm³/mol. The number of hydrogen-bond acceptors (Lipinski definition) is 3. The van der Waals surface area contributed by atoms with Crippen LogP contribution in [0.1, 0.15) is 42.3 Å². The van der Waals surface area contributed by atoms with Gasteiger partial charge in [0.15, 0.2) is 0 Å². The number of nitrogens with zero attached hydrogens (tertiary/aromatic N) is 2. The molecule has 68 valence electrons. The molecule has 0 spiro atoms. The molecule has 2 rings (SSSR count). The Morgan fingerprint density at radius 3 is 3.00 bits per heavy atom. The molecule has 1 aromatic rings. The molecule has 0 bridgehead atoms. The van der Waals surface area contributed by atoms with Crippen molar-refractivity contribution in [1.29, 1.82) is 5.26 Å². The van der Waals surface area contributed by atoms with E-state index < -0.39 is 0 Å². The molecule has 1 aliphatic carbocycles. The van der Waals surface area contributed by atoms with Gasteiger partial charge in [0.2, 0.25) is 0 Å². The minimum atomic E-state index is 0.462. The Balaban J connectivity index is 2.08. The Hall–Kier alpha value is -0.880. The van der Waals surface area contributed by atoms with E-state index in [2.05, 4.69) is 11.1 Å². The lowest BCUT2D eigenvalue weighted by atomic mass is 10.1. The van der Waals surface area contributed by atoms with Crippen LogP contribution in [0.5, 0.6) is 0 Å². The number of rotatable bonds is 2. The molecule has 0 aliphatic heterocycles. The van der Waals surface area contributed by atoms with Gasteiger partial charge in [0.25, 0.3) is 0 Å². The first-order chi connectivity index (χ1) is 6.40. The van der Waals surface area contributed by atoms with E-state index in [-0.39, 0.29) is 0 Å². The van der Waals surface area contributed by atoms with E-state index in [0.29, 0.717) is 12.3 Å². The van der Waals surface area contributed by atoms with Gasteiger partial charge in [0.05, 0.1) is 23.2 Å². The maximum absolute atomic E-state index is 8.51. The minimum Gasteiger partial charge on any atom is -0.245 e. The third kappa shape index (κ3) is 1.89. The van der Waals surface area contributed by atoms with Gasteiger partial charge >= 0.3 is 0 Å². The van der Waals surface area contributed by atoms with E-state index in [1.165, 1.54) is 30.7 Å². The van der Waals surface area contributed by atoms with Crippen LogP contribution in [0.15, 0.2) is 5.38 Å². The smallest absolute Gasteiger partial charge is 0.0959 e. The molecule has 0 atom stereocenters. The third-order valence-electron chi connectivity index (χ3n) is 2.53. The van der Waals surface area contributed by atoms with E-state index in [9.17, 15) is 0 Å². The Kier molecular flexibility index (Phi) is 2.60. The highest BCUT2D eigenvalue weighted by molar-refractivity contribution is 7.09. The highest BCUT2D eigenvalue weighted by Gasteiger charge is 2.19. The first-order valence-corrected chi connectivity index (χ1v) is 5.59. The van der Waals surface area contributed by atoms with Gasteiger partial charge < -0.3 is 0 Å². The summed E-state index contributed by atoms with van der Waals surface area (Å²) in [6.07, 6.45) is 5.73. The molecule has 0 radical (unpaired) electrons. The third-order valence-corrected chi connectivity index (χ3v) is 3.59. The zero-order valence-electron chi connectivity index (χ0n) is 7.49. The number of nitriles is 1. The Morgan fingerprint density at radius 1 is 1.54 bits per heavy atom. The van der Waals surface area contributed by atoms with Crippen LogP contribution in [0.4, 0.5) is 0 Å². The molecular weight excluding hydrogens is 180 g/mol. The summed E-state index contributed by atoms with van der Waals surface area (Å²) in [6, 6.07) is 2.13. The molecule has 1 fully saturated rings. The first kappa shape index (κ1) is 8.71. The summed E-state index contributed by atoms with van der Waals surface area (Å²) < 4.78 is 0. The van der Waals surface area contributed by atoms with E-state index in [4.69, 9.17) is 5.26 Å². The molecule has 0 unspecified atom stereocenters. The van der Waals surface area contributed by atoms with Gasteiger partial charge in [0, 0.05) is 11.3 Å². The summed E-state index contributed by atoms with van der Waals surface area (Å²) >= 11 is 1.72. The summed E-state index contributed by atoms with van der Waals surface area (Å²) in [6.45, 7) is 0. The average Bonchev–Trinajstić information content (AvgIpc) is 2.70. The fourth-order valence-electron chi connectivity index (χ4n) is 1.85. The van der Waals surface area contributed by atoms with Crippen LogP contribution < -0.4 is 0 Å². The van der Waals surface area contributed by atoms with Crippen LogP contribution in [0.2, 0.25) is 0 Å². The van der Waals surface area contributed by atoms with Gasteiger partial charge in [-0.15, -0.1) is 11.3 Å². The summed E-state index contributed by atoms with van der Waals surface area (Å²) in [5.41, 5.74) is 0.953. The topological polar surface area (TPSA) is 36.7 Å². The van der Waals surface area contributed by atoms with Crippen molar-refractivity contribution < 1.29 is 0 Å². The zero-order valence-corrected chi connectivity index (χ0v) is 8.31. The fraction of sp³-hybridized carbons (Fsp3) is 0.600. The van der Waals surface area contributed by atoms with Crippen molar-refractivity contribution in [3.63, 3.8) is 0 Å². The highest BCUT2D eigenvalue weighted by atomic mass is 32.1. The Bertz CT molecular complexity index is 318. The standard InChI is InChI=1S/C10H12N2S/c11-6-5-9-7-13-10(12-9)8-3-1-2-4-8/h7-8H,1-5H2. The number of thiazole rings is 1. The summed E-state index contributed by atoms with van der Waals surface area (Å²) in [5, 5.41) is 11.8. The molecule has 0 aromatic carbocycles. The van der Waals surface area contributed by atoms with Crippen LogP contribution >= 0.6 is 11.3 Å². The van der Waals surface area contributed by atoms with Gasteiger partial charge in [0.1, 0.15) is 0 Å². The molecule has 0 amide bonds. The Morgan fingerprint density at radius 2 is 2.31 bits per heavy atom. The summed E-state index contributed by atoms with van der Waals surface area (Å²) in [4.78, 5) is 4.48. The predicted octanol–water partition coefficient (Wildman–Crippen LogP) is 2.87. The second kappa shape index (κ2) is 3.89. The monoisotopic (exact) mass is 192 g/mol. The van der Waals surface area contributed by atoms with Crippen molar-refractivity contribution in [2.24, 2.45) is 0 Å². The molecule has 0 saturated heterocycles. The molecule has 1 heterocycles. The normalized spacial score (nSPS) is 17.5. The van der Waals surface area contributed by atoms with Crippen LogP contribution in [0, 0.1) is 11.3 Å². The lowest BCUT2D eigenvalue weighted by Gasteiger charge is -2.01. The zero-order chi connectivity index (χ0) is 9.10. The van der Waals surface area contributed by atoms with E-state index in [0.717, 1.165) is 5.69 Å². The molecule has 1 aliphatic rings. The van der Waals surface area contributed by atoms with Crippen LogP contribution in [-0.2, 0) is 6.42 Å². The van der Waals surface area contributed by atoms with E-state index >= 15 is 0 Å². The molecular formula is C10H12N2S. The van der Waals surface area contributed by atoms with Gasteiger partial charge in [-0.2, -0.15) is 5.26 Å². The highest BCUT2D eigenvalue weighted by Crippen LogP contribution is 2.35. The molecule has 1 aromatic heterocycles. The van der Waals surface area contributed by atoms with Gasteiger partial charge in [-0.1, -0.05) is 12.8 Å². The first-order valence-electron chi connectivity index (χ1n) is 4.71. The van der Waals surface area contributed by atoms with Crippen molar-refractivity contribution in [3.05, 3.63) is 16.1 Å². The molecule has 2 nitrogen and oxygen atoms in total. The van der Waals surface area contributed by atoms with E-state index in [1.54, 1.807) is 11.3 Å². The quantitative estimate of drug-likeness (QED) is 0.722. The van der Waals surface area contributed by atoms with Crippen LogP contribution in [-0.4, -0.2) is 4.98 Å². The molecule has 13 heavy (non-hydrogen) atoms.